The molecule has 1 aliphatic heterocycles. The van der Waals surface area contributed by atoms with Gasteiger partial charge in [0, 0.05) is 38.4 Å². The summed E-state index contributed by atoms with van der Waals surface area (Å²) in [5, 5.41) is 8.98. The minimum atomic E-state index is -0.913. The summed E-state index contributed by atoms with van der Waals surface area (Å²) in [6.07, 6.45) is 5.38. The highest BCUT2D eigenvalue weighted by molar-refractivity contribution is 5.68. The molecule has 1 unspecified atom stereocenters. The zero-order chi connectivity index (χ0) is 24.6. The number of hydrogen-bond donors (Lipinski definition) is 1. The van der Waals surface area contributed by atoms with Gasteiger partial charge in [-0.05, 0) is 53.1 Å². The maximum Gasteiger partial charge on any atom is 0.304 e. The average Bonchev–Trinajstić information content (AvgIpc) is 2.88. The van der Waals surface area contributed by atoms with Gasteiger partial charge in [-0.1, -0.05) is 42.3 Å². The molecule has 4 rings (SSSR count). The van der Waals surface area contributed by atoms with Crippen molar-refractivity contribution < 1.29 is 19.0 Å². The molecule has 1 heterocycles. The van der Waals surface area contributed by atoms with E-state index >= 15 is 0 Å². The number of aliphatic carboxylic acids is 1. The van der Waals surface area contributed by atoms with E-state index in [0.717, 1.165) is 49.5 Å². The number of anilines is 1. The van der Waals surface area contributed by atoms with Gasteiger partial charge in [-0.3, -0.25) is 9.69 Å². The third-order valence-electron chi connectivity index (χ3n) is 6.26. The standard InChI is InChI=1S/C29H29FN2O3/c1-2-24(19-29(33)34)25-7-13-28(14-8-25)35-21-23-5-3-22(4-6-23)20-31-15-17-32(18-16-31)27-11-9-26(30)10-12-27/h1,3-14,24H,15-21H2,(H,33,34). The third-order valence-corrected chi connectivity index (χ3v) is 6.26. The number of carboxylic acid groups (broad SMARTS) is 1. The monoisotopic (exact) mass is 472 g/mol. The van der Waals surface area contributed by atoms with Gasteiger partial charge in [-0.2, -0.15) is 0 Å². The van der Waals surface area contributed by atoms with Gasteiger partial charge >= 0.3 is 5.97 Å². The van der Waals surface area contributed by atoms with Gasteiger partial charge in [0.15, 0.2) is 0 Å². The van der Waals surface area contributed by atoms with E-state index in [-0.39, 0.29) is 12.2 Å². The van der Waals surface area contributed by atoms with Crippen LogP contribution in [0.2, 0.25) is 0 Å². The van der Waals surface area contributed by atoms with Crippen LogP contribution in [0.15, 0.2) is 72.8 Å². The number of terminal acetylenes is 1. The highest BCUT2D eigenvalue weighted by atomic mass is 19.1. The Kier molecular flexibility index (Phi) is 8.02. The molecule has 35 heavy (non-hydrogen) atoms. The van der Waals surface area contributed by atoms with Crippen molar-refractivity contribution in [1.29, 1.82) is 0 Å². The van der Waals surface area contributed by atoms with Gasteiger partial charge in [0.05, 0.1) is 12.3 Å². The number of halogens is 1. The second-order valence-electron chi connectivity index (χ2n) is 8.73. The van der Waals surface area contributed by atoms with Crippen LogP contribution in [0.3, 0.4) is 0 Å². The van der Waals surface area contributed by atoms with Crippen molar-refractivity contribution in [3.05, 3.63) is 95.3 Å². The number of hydrogen-bond acceptors (Lipinski definition) is 4. The summed E-state index contributed by atoms with van der Waals surface area (Å²) < 4.78 is 19.0. The van der Waals surface area contributed by atoms with Crippen LogP contribution in [0.1, 0.15) is 29.0 Å². The van der Waals surface area contributed by atoms with Crippen LogP contribution in [0, 0.1) is 18.2 Å². The van der Waals surface area contributed by atoms with Crippen molar-refractivity contribution in [2.75, 3.05) is 31.1 Å². The minimum Gasteiger partial charge on any atom is -0.489 e. The zero-order valence-corrected chi connectivity index (χ0v) is 19.6. The first-order valence-corrected chi connectivity index (χ1v) is 11.7. The van der Waals surface area contributed by atoms with E-state index in [1.54, 1.807) is 0 Å². The number of carbonyl (C=O) groups is 1. The van der Waals surface area contributed by atoms with Crippen molar-refractivity contribution in [1.82, 2.24) is 4.90 Å². The van der Waals surface area contributed by atoms with Crippen LogP contribution in [-0.2, 0) is 17.9 Å². The summed E-state index contributed by atoms with van der Waals surface area (Å²) in [7, 11) is 0. The Morgan fingerprint density at radius 1 is 0.943 bits per heavy atom. The summed E-state index contributed by atoms with van der Waals surface area (Å²) in [4.78, 5) is 15.7. The fraction of sp³-hybridized carbons (Fsp3) is 0.276. The molecule has 6 heteroatoms. The Labute approximate surface area is 205 Å². The smallest absolute Gasteiger partial charge is 0.304 e. The molecule has 1 atom stereocenters. The minimum absolute atomic E-state index is 0.0903. The second-order valence-corrected chi connectivity index (χ2v) is 8.73. The van der Waals surface area contributed by atoms with E-state index < -0.39 is 11.9 Å². The Bertz CT molecular complexity index is 1150. The third kappa shape index (κ3) is 6.84. The SMILES string of the molecule is C#CC(CC(=O)O)c1ccc(OCc2ccc(CN3CCN(c4ccc(F)cc4)CC3)cc2)cc1. The molecule has 0 radical (unpaired) electrons. The van der Waals surface area contributed by atoms with E-state index in [1.165, 1.54) is 17.7 Å². The molecule has 1 N–H and O–H groups in total. The Morgan fingerprint density at radius 2 is 1.57 bits per heavy atom. The van der Waals surface area contributed by atoms with E-state index in [0.29, 0.717) is 12.4 Å². The molecule has 0 amide bonds. The van der Waals surface area contributed by atoms with Gasteiger partial charge in [0.25, 0.3) is 0 Å². The number of piperazine rings is 1. The molecule has 0 bridgehead atoms. The van der Waals surface area contributed by atoms with Gasteiger partial charge in [0.1, 0.15) is 18.2 Å². The van der Waals surface area contributed by atoms with E-state index in [9.17, 15) is 9.18 Å². The van der Waals surface area contributed by atoms with Crippen LogP contribution >= 0.6 is 0 Å². The largest absolute Gasteiger partial charge is 0.489 e. The normalized spacial score (nSPS) is 14.8. The van der Waals surface area contributed by atoms with Crippen LogP contribution in [0.5, 0.6) is 5.75 Å². The van der Waals surface area contributed by atoms with Gasteiger partial charge in [-0.25, -0.2) is 4.39 Å². The quantitative estimate of drug-likeness (QED) is 0.448. The molecule has 0 aliphatic carbocycles. The van der Waals surface area contributed by atoms with E-state index in [1.807, 2.05) is 36.4 Å². The molecule has 180 valence electrons. The van der Waals surface area contributed by atoms with Crippen molar-refractivity contribution in [2.24, 2.45) is 0 Å². The summed E-state index contributed by atoms with van der Waals surface area (Å²) in [5.74, 6) is 1.68. The van der Waals surface area contributed by atoms with Crippen molar-refractivity contribution in [2.45, 2.75) is 25.5 Å². The molecular weight excluding hydrogens is 443 g/mol. The van der Waals surface area contributed by atoms with Crippen LogP contribution in [-0.4, -0.2) is 42.2 Å². The van der Waals surface area contributed by atoms with Crippen LogP contribution < -0.4 is 9.64 Å². The van der Waals surface area contributed by atoms with Gasteiger partial charge < -0.3 is 14.7 Å². The second kappa shape index (κ2) is 11.5. The molecule has 0 aromatic heterocycles. The Hall–Kier alpha value is -3.82. The van der Waals surface area contributed by atoms with Crippen molar-refractivity contribution in [3.8, 4) is 18.1 Å². The molecule has 1 aliphatic rings. The molecule has 5 nitrogen and oxygen atoms in total. The zero-order valence-electron chi connectivity index (χ0n) is 19.6. The number of rotatable bonds is 9. The van der Waals surface area contributed by atoms with Crippen LogP contribution in [0.25, 0.3) is 0 Å². The van der Waals surface area contributed by atoms with Gasteiger partial charge in [0.2, 0.25) is 0 Å². The van der Waals surface area contributed by atoms with E-state index in [4.69, 9.17) is 16.3 Å². The maximum absolute atomic E-state index is 13.2. The summed E-state index contributed by atoms with van der Waals surface area (Å²) in [6, 6.07) is 22.4. The highest BCUT2D eigenvalue weighted by Crippen LogP contribution is 2.23. The Balaban J connectivity index is 1.23. The number of benzene rings is 3. The first-order valence-electron chi connectivity index (χ1n) is 11.7. The molecule has 3 aromatic carbocycles. The summed E-state index contributed by atoms with van der Waals surface area (Å²) >= 11 is 0. The highest BCUT2D eigenvalue weighted by Gasteiger charge is 2.17. The first-order chi connectivity index (χ1) is 17.0. The van der Waals surface area contributed by atoms with Crippen molar-refractivity contribution in [3.63, 3.8) is 0 Å². The maximum atomic E-state index is 13.2. The first kappa shape index (κ1) is 24.3. The topological polar surface area (TPSA) is 53.0 Å². The fourth-order valence-corrected chi connectivity index (χ4v) is 4.23. The number of ether oxygens (including phenoxy) is 1. The Morgan fingerprint density at radius 3 is 2.17 bits per heavy atom. The molecule has 1 fully saturated rings. The van der Waals surface area contributed by atoms with E-state index in [2.05, 4.69) is 40.0 Å². The predicted octanol–water partition coefficient (Wildman–Crippen LogP) is 4.92. The van der Waals surface area contributed by atoms with Crippen molar-refractivity contribution >= 4 is 11.7 Å². The molecule has 3 aromatic rings. The molecule has 0 saturated carbocycles. The van der Waals surface area contributed by atoms with Crippen LogP contribution in [0.4, 0.5) is 10.1 Å². The lowest BCUT2D eigenvalue weighted by atomic mass is 9.97. The number of nitrogens with zero attached hydrogens (tertiary/aromatic N) is 2. The lowest BCUT2D eigenvalue weighted by Gasteiger charge is -2.36. The van der Waals surface area contributed by atoms with Gasteiger partial charge in [-0.15, -0.1) is 6.42 Å². The predicted molar refractivity (Wildman–Crippen MR) is 135 cm³/mol. The lowest BCUT2D eigenvalue weighted by molar-refractivity contribution is -0.137. The fourth-order valence-electron chi connectivity index (χ4n) is 4.23. The molecule has 0 spiro atoms. The molecule has 1 saturated heterocycles. The lowest BCUT2D eigenvalue weighted by Crippen LogP contribution is -2.45. The number of carboxylic acids is 1. The average molecular weight is 473 g/mol. The summed E-state index contributed by atoms with van der Waals surface area (Å²) in [6.45, 7) is 5.12. The molecular formula is C29H29FN2O3. The summed E-state index contributed by atoms with van der Waals surface area (Å²) in [5.41, 5.74) is 4.20.